The molecule has 2 aromatic carbocycles. The molecule has 1 aliphatic heterocycles. The van der Waals surface area contributed by atoms with Gasteiger partial charge in [-0.1, -0.05) is 23.7 Å². The van der Waals surface area contributed by atoms with E-state index in [4.69, 9.17) is 21.1 Å². The molecule has 0 amide bonds. The Bertz CT molecular complexity index is 970. The Balaban J connectivity index is 1.60. The largest absolute Gasteiger partial charge is 0.454 e. The van der Waals surface area contributed by atoms with Crippen LogP contribution in [0.2, 0.25) is 5.02 Å². The van der Waals surface area contributed by atoms with Gasteiger partial charge in [0.25, 0.3) is 5.56 Å². The second-order valence-electron chi connectivity index (χ2n) is 5.47. The quantitative estimate of drug-likeness (QED) is 0.778. The van der Waals surface area contributed by atoms with Crippen molar-refractivity contribution in [2.75, 3.05) is 12.1 Å². The van der Waals surface area contributed by atoms with Crippen molar-refractivity contribution in [2.24, 2.45) is 0 Å². The minimum Gasteiger partial charge on any atom is -0.454 e. The number of ether oxygens (including phenoxy) is 2. The summed E-state index contributed by atoms with van der Waals surface area (Å²) in [6.07, 6.45) is 3.20. The van der Waals surface area contributed by atoms with Gasteiger partial charge in [-0.15, -0.1) is 0 Å². The smallest absolute Gasteiger partial charge is 0.297 e. The van der Waals surface area contributed by atoms with E-state index in [0.717, 1.165) is 5.56 Å². The Kier molecular flexibility index (Phi) is 4.03. The summed E-state index contributed by atoms with van der Waals surface area (Å²) < 4.78 is 12.2. The lowest BCUT2D eigenvalue weighted by molar-refractivity contribution is 0.174. The third-order valence-electron chi connectivity index (χ3n) is 3.85. The summed E-state index contributed by atoms with van der Waals surface area (Å²) in [5.41, 5.74) is 1.45. The number of rotatable bonds is 4. The van der Waals surface area contributed by atoms with Gasteiger partial charge in [0.15, 0.2) is 17.3 Å². The summed E-state index contributed by atoms with van der Waals surface area (Å²) in [6.45, 7) is 0.669. The number of fused-ring (bicyclic) bond motifs is 1. The van der Waals surface area contributed by atoms with Gasteiger partial charge in [-0.25, -0.2) is 4.98 Å². The van der Waals surface area contributed by atoms with Gasteiger partial charge in [-0.3, -0.25) is 9.36 Å². The highest BCUT2D eigenvalue weighted by Gasteiger charge is 2.15. The first-order valence-corrected chi connectivity index (χ1v) is 8.04. The molecule has 25 heavy (non-hydrogen) atoms. The Hall–Kier alpha value is -2.99. The molecule has 0 aliphatic carbocycles. The second-order valence-corrected chi connectivity index (χ2v) is 5.91. The molecule has 0 radical (unpaired) electrons. The summed E-state index contributed by atoms with van der Waals surface area (Å²) in [6, 6.07) is 12.8. The summed E-state index contributed by atoms with van der Waals surface area (Å²) in [5, 5.41) is 3.74. The number of halogens is 1. The first kappa shape index (κ1) is 15.5. The van der Waals surface area contributed by atoms with E-state index in [1.54, 1.807) is 30.6 Å². The van der Waals surface area contributed by atoms with Gasteiger partial charge < -0.3 is 14.8 Å². The van der Waals surface area contributed by atoms with Crippen LogP contribution in [0.4, 0.5) is 5.82 Å². The molecule has 1 aromatic heterocycles. The van der Waals surface area contributed by atoms with Gasteiger partial charge in [-0.05, 0) is 29.8 Å². The molecular formula is C18H14ClN3O3. The lowest BCUT2D eigenvalue weighted by Gasteiger charge is -2.10. The highest BCUT2D eigenvalue weighted by Crippen LogP contribution is 2.33. The van der Waals surface area contributed by atoms with E-state index in [1.165, 1.54) is 4.57 Å². The number of hydrogen-bond donors (Lipinski definition) is 1. The molecular weight excluding hydrogens is 342 g/mol. The van der Waals surface area contributed by atoms with E-state index in [9.17, 15) is 4.79 Å². The van der Waals surface area contributed by atoms with Crippen molar-refractivity contribution in [1.29, 1.82) is 0 Å². The summed E-state index contributed by atoms with van der Waals surface area (Å²) in [4.78, 5) is 16.8. The van der Waals surface area contributed by atoms with Crippen molar-refractivity contribution in [3.05, 3.63) is 75.8 Å². The maximum atomic E-state index is 12.7. The SMILES string of the molecule is O=c1c(NCc2ccc(Cl)cc2)nccn1-c1ccc2c(c1)OCO2. The average Bonchev–Trinajstić information content (AvgIpc) is 3.10. The molecule has 126 valence electrons. The minimum absolute atomic E-state index is 0.192. The van der Waals surface area contributed by atoms with Gasteiger partial charge >= 0.3 is 0 Å². The molecule has 2 heterocycles. The predicted octanol–water partition coefficient (Wildman–Crippen LogP) is 3.23. The Labute approximate surface area is 148 Å². The zero-order valence-electron chi connectivity index (χ0n) is 13.1. The van der Waals surface area contributed by atoms with Gasteiger partial charge in [0.1, 0.15) is 0 Å². The van der Waals surface area contributed by atoms with Crippen molar-refractivity contribution in [1.82, 2.24) is 9.55 Å². The molecule has 6 nitrogen and oxygen atoms in total. The highest BCUT2D eigenvalue weighted by molar-refractivity contribution is 6.30. The lowest BCUT2D eigenvalue weighted by atomic mass is 10.2. The molecule has 4 rings (SSSR count). The Morgan fingerprint density at radius 2 is 1.92 bits per heavy atom. The number of benzene rings is 2. The number of anilines is 1. The fourth-order valence-corrected chi connectivity index (χ4v) is 2.69. The summed E-state index contributed by atoms with van der Waals surface area (Å²) in [5.74, 6) is 1.57. The van der Waals surface area contributed by atoms with Crippen molar-refractivity contribution < 1.29 is 9.47 Å². The lowest BCUT2D eigenvalue weighted by Crippen LogP contribution is -2.23. The van der Waals surface area contributed by atoms with Crippen LogP contribution in [-0.4, -0.2) is 16.3 Å². The van der Waals surface area contributed by atoms with Crippen LogP contribution < -0.4 is 20.3 Å². The van der Waals surface area contributed by atoms with Crippen LogP contribution in [0, 0.1) is 0 Å². The third kappa shape index (κ3) is 3.16. The molecule has 7 heteroatoms. The molecule has 3 aromatic rings. The molecule has 0 saturated heterocycles. The first-order chi connectivity index (χ1) is 12.2. The molecule has 0 bridgehead atoms. The van der Waals surface area contributed by atoms with E-state index in [0.29, 0.717) is 28.8 Å². The molecule has 0 spiro atoms. The Morgan fingerprint density at radius 3 is 2.76 bits per heavy atom. The van der Waals surface area contributed by atoms with Gasteiger partial charge in [0.2, 0.25) is 6.79 Å². The summed E-state index contributed by atoms with van der Waals surface area (Å²) >= 11 is 5.88. The molecule has 0 atom stereocenters. The van der Waals surface area contributed by atoms with E-state index in [1.807, 2.05) is 24.3 Å². The van der Waals surface area contributed by atoms with Gasteiger partial charge in [0, 0.05) is 30.0 Å². The zero-order valence-corrected chi connectivity index (χ0v) is 13.9. The van der Waals surface area contributed by atoms with Crippen LogP contribution in [0.5, 0.6) is 11.5 Å². The predicted molar refractivity (Wildman–Crippen MR) is 94.7 cm³/mol. The van der Waals surface area contributed by atoms with E-state index >= 15 is 0 Å². The normalized spacial score (nSPS) is 12.2. The van der Waals surface area contributed by atoms with Gasteiger partial charge in [-0.2, -0.15) is 0 Å². The number of nitrogens with zero attached hydrogens (tertiary/aromatic N) is 2. The average molecular weight is 356 g/mol. The van der Waals surface area contributed by atoms with Crippen LogP contribution >= 0.6 is 11.6 Å². The molecule has 0 fully saturated rings. The van der Waals surface area contributed by atoms with Crippen molar-refractivity contribution in [3.63, 3.8) is 0 Å². The van der Waals surface area contributed by atoms with Crippen LogP contribution in [0.1, 0.15) is 5.56 Å². The van der Waals surface area contributed by atoms with Crippen molar-refractivity contribution in [3.8, 4) is 17.2 Å². The minimum atomic E-state index is -0.240. The van der Waals surface area contributed by atoms with Crippen molar-refractivity contribution in [2.45, 2.75) is 6.54 Å². The van der Waals surface area contributed by atoms with Crippen LogP contribution in [0.15, 0.2) is 59.7 Å². The van der Waals surface area contributed by atoms with Crippen molar-refractivity contribution >= 4 is 17.4 Å². The summed E-state index contributed by atoms with van der Waals surface area (Å²) in [7, 11) is 0. The monoisotopic (exact) mass is 355 g/mol. The maximum Gasteiger partial charge on any atom is 0.297 e. The number of nitrogens with one attached hydrogen (secondary N) is 1. The first-order valence-electron chi connectivity index (χ1n) is 7.67. The number of aromatic nitrogens is 2. The number of hydrogen-bond acceptors (Lipinski definition) is 5. The van der Waals surface area contributed by atoms with Gasteiger partial charge in [0.05, 0.1) is 5.69 Å². The maximum absolute atomic E-state index is 12.7. The molecule has 0 unspecified atom stereocenters. The van der Waals surface area contributed by atoms with Crippen LogP contribution in [0.3, 0.4) is 0 Å². The standard InChI is InChI=1S/C18H14ClN3O3/c19-13-3-1-12(2-4-13)10-21-17-18(23)22(8-7-20-17)14-5-6-15-16(9-14)25-11-24-15/h1-9H,10-11H2,(H,20,21). The second kappa shape index (κ2) is 6.49. The zero-order chi connectivity index (χ0) is 17.2. The van der Waals surface area contributed by atoms with E-state index in [-0.39, 0.29) is 18.2 Å². The fourth-order valence-electron chi connectivity index (χ4n) is 2.56. The Morgan fingerprint density at radius 1 is 1.12 bits per heavy atom. The molecule has 1 aliphatic rings. The highest BCUT2D eigenvalue weighted by atomic mass is 35.5. The van der Waals surface area contributed by atoms with E-state index < -0.39 is 0 Å². The van der Waals surface area contributed by atoms with Crippen LogP contribution in [-0.2, 0) is 6.54 Å². The molecule has 0 saturated carbocycles. The topological polar surface area (TPSA) is 65.4 Å². The van der Waals surface area contributed by atoms with Crippen LogP contribution in [0.25, 0.3) is 5.69 Å². The molecule has 1 N–H and O–H groups in total. The third-order valence-corrected chi connectivity index (χ3v) is 4.10. The fraction of sp³-hybridized carbons (Fsp3) is 0.111. The van der Waals surface area contributed by atoms with E-state index in [2.05, 4.69) is 10.3 Å².